The van der Waals surface area contributed by atoms with Gasteiger partial charge in [0.2, 0.25) is 5.91 Å². The van der Waals surface area contributed by atoms with Gasteiger partial charge in [0.25, 0.3) is 5.91 Å². The molecule has 0 bridgehead atoms. The topological polar surface area (TPSA) is 98.1 Å². The molecule has 1 atom stereocenters. The number of rotatable bonds is 7. The van der Waals surface area contributed by atoms with Gasteiger partial charge < -0.3 is 15.4 Å². The molecule has 38 heavy (non-hydrogen) atoms. The Bertz CT molecular complexity index is 1330. The van der Waals surface area contributed by atoms with Crippen molar-refractivity contribution in [3.8, 4) is 5.75 Å². The molecule has 0 radical (unpaired) electrons. The standard InChI is InChI=1S/C27H30F3N5O3/c1-2-16-6-9-19(10-7-16)35-14-17-12-22(33-26(37)20-4-3-5-24(32-20)27(28,29)30)23(13-21(17)34-35)38-15-18-8-11-25(36)31-18/h3-5,12-14,16,18-19H,2,6-11,15H2,1H3,(H,31,36)(H,33,37)/t16?,18-,19?/m0/s1. The summed E-state index contributed by atoms with van der Waals surface area (Å²) in [6, 6.07) is 6.73. The molecule has 3 aromatic rings. The van der Waals surface area contributed by atoms with Crippen LogP contribution in [0.5, 0.6) is 5.75 Å². The van der Waals surface area contributed by atoms with Gasteiger partial charge in [-0.2, -0.15) is 18.3 Å². The lowest BCUT2D eigenvalue weighted by molar-refractivity contribution is -0.141. The second-order valence-electron chi connectivity index (χ2n) is 10.1. The van der Waals surface area contributed by atoms with E-state index in [1.165, 1.54) is 12.5 Å². The van der Waals surface area contributed by atoms with Gasteiger partial charge in [-0.3, -0.25) is 14.3 Å². The zero-order valence-electron chi connectivity index (χ0n) is 21.1. The lowest BCUT2D eigenvalue weighted by Crippen LogP contribution is -2.31. The van der Waals surface area contributed by atoms with E-state index in [1.54, 1.807) is 12.1 Å². The first-order valence-electron chi connectivity index (χ1n) is 13.0. The number of aromatic nitrogens is 3. The molecule has 3 heterocycles. The molecule has 1 saturated heterocycles. The number of nitrogens with zero attached hydrogens (tertiary/aromatic N) is 3. The monoisotopic (exact) mass is 529 g/mol. The van der Waals surface area contributed by atoms with Crippen molar-refractivity contribution in [2.24, 2.45) is 5.92 Å². The predicted octanol–water partition coefficient (Wildman–Crippen LogP) is 5.50. The first-order valence-corrected chi connectivity index (χ1v) is 13.0. The Balaban J connectivity index is 1.42. The summed E-state index contributed by atoms with van der Waals surface area (Å²) < 4.78 is 47.3. The first-order chi connectivity index (χ1) is 18.2. The Hall–Kier alpha value is -3.63. The van der Waals surface area contributed by atoms with E-state index in [-0.39, 0.29) is 30.3 Å². The van der Waals surface area contributed by atoms with E-state index < -0.39 is 17.8 Å². The number of carbonyl (C=O) groups is 2. The molecule has 1 aliphatic heterocycles. The Morgan fingerprint density at radius 3 is 2.66 bits per heavy atom. The maximum absolute atomic E-state index is 13.1. The number of anilines is 1. The number of ether oxygens (including phenoxy) is 1. The second-order valence-corrected chi connectivity index (χ2v) is 10.1. The minimum atomic E-state index is -4.67. The van der Waals surface area contributed by atoms with Crippen molar-refractivity contribution in [2.45, 2.75) is 70.1 Å². The summed E-state index contributed by atoms with van der Waals surface area (Å²) in [5.41, 5.74) is -0.533. The van der Waals surface area contributed by atoms with Crippen LogP contribution in [0.25, 0.3) is 10.9 Å². The predicted molar refractivity (Wildman–Crippen MR) is 135 cm³/mol. The van der Waals surface area contributed by atoms with Gasteiger partial charge in [0.1, 0.15) is 23.7 Å². The van der Waals surface area contributed by atoms with E-state index in [0.29, 0.717) is 29.8 Å². The molecule has 2 fully saturated rings. The molecule has 11 heteroatoms. The molecule has 0 spiro atoms. The van der Waals surface area contributed by atoms with E-state index >= 15 is 0 Å². The third-order valence-corrected chi connectivity index (χ3v) is 7.44. The molecule has 1 saturated carbocycles. The number of amides is 2. The molecule has 1 aliphatic carbocycles. The zero-order chi connectivity index (χ0) is 26.9. The average molecular weight is 530 g/mol. The summed E-state index contributed by atoms with van der Waals surface area (Å²) in [5, 5.41) is 11.0. The number of pyridine rings is 1. The number of alkyl halides is 3. The Morgan fingerprint density at radius 2 is 1.97 bits per heavy atom. The van der Waals surface area contributed by atoms with Gasteiger partial charge in [-0.15, -0.1) is 0 Å². The van der Waals surface area contributed by atoms with Crippen LogP contribution in [0.1, 0.15) is 74.1 Å². The van der Waals surface area contributed by atoms with Crippen molar-refractivity contribution in [3.05, 3.63) is 47.9 Å². The van der Waals surface area contributed by atoms with Gasteiger partial charge in [0.05, 0.1) is 23.3 Å². The molecule has 5 rings (SSSR count). The smallest absolute Gasteiger partial charge is 0.433 e. The van der Waals surface area contributed by atoms with Crippen LogP contribution >= 0.6 is 0 Å². The fraction of sp³-hybridized carbons (Fsp3) is 0.481. The Labute approximate surface area is 217 Å². The Morgan fingerprint density at radius 1 is 1.18 bits per heavy atom. The SMILES string of the molecule is CCC1CCC(n2cc3cc(NC(=O)c4cccc(C(F)(F)F)n4)c(OC[C@@H]4CCC(=O)N4)cc3n2)CC1. The molecule has 0 unspecified atom stereocenters. The van der Waals surface area contributed by atoms with Crippen LogP contribution in [0.15, 0.2) is 36.5 Å². The molecular formula is C27H30F3N5O3. The van der Waals surface area contributed by atoms with Gasteiger partial charge >= 0.3 is 6.18 Å². The van der Waals surface area contributed by atoms with E-state index in [1.807, 2.05) is 10.9 Å². The highest BCUT2D eigenvalue weighted by molar-refractivity contribution is 6.05. The van der Waals surface area contributed by atoms with Crippen molar-refractivity contribution in [2.75, 3.05) is 11.9 Å². The molecular weight excluding hydrogens is 499 g/mol. The molecule has 1 aromatic carbocycles. The molecule has 2 amide bonds. The summed E-state index contributed by atoms with van der Waals surface area (Å²) in [7, 11) is 0. The van der Waals surface area contributed by atoms with Gasteiger partial charge in [-0.1, -0.05) is 19.4 Å². The van der Waals surface area contributed by atoms with E-state index in [2.05, 4.69) is 22.5 Å². The van der Waals surface area contributed by atoms with Crippen molar-refractivity contribution >= 4 is 28.4 Å². The van der Waals surface area contributed by atoms with Crippen molar-refractivity contribution in [1.29, 1.82) is 0 Å². The van der Waals surface area contributed by atoms with Crippen LogP contribution in [0, 0.1) is 5.92 Å². The fourth-order valence-corrected chi connectivity index (χ4v) is 5.19. The number of benzene rings is 1. The number of hydrogen-bond acceptors (Lipinski definition) is 5. The van der Waals surface area contributed by atoms with Crippen LogP contribution in [-0.2, 0) is 11.0 Å². The number of nitrogens with one attached hydrogen (secondary N) is 2. The van der Waals surface area contributed by atoms with Gasteiger partial charge in [-0.05, 0) is 56.2 Å². The average Bonchev–Trinajstić information content (AvgIpc) is 3.52. The highest BCUT2D eigenvalue weighted by Gasteiger charge is 2.33. The maximum Gasteiger partial charge on any atom is 0.433 e. The van der Waals surface area contributed by atoms with Crippen LogP contribution in [0.2, 0.25) is 0 Å². The summed E-state index contributed by atoms with van der Waals surface area (Å²) >= 11 is 0. The van der Waals surface area contributed by atoms with E-state index in [9.17, 15) is 22.8 Å². The zero-order valence-corrected chi connectivity index (χ0v) is 21.1. The molecule has 2 aliphatic rings. The van der Waals surface area contributed by atoms with E-state index in [4.69, 9.17) is 9.84 Å². The summed E-state index contributed by atoms with van der Waals surface area (Å²) in [6.07, 6.45) is 3.90. The minimum Gasteiger partial charge on any atom is -0.489 e. The van der Waals surface area contributed by atoms with Crippen molar-refractivity contribution in [3.63, 3.8) is 0 Å². The highest BCUT2D eigenvalue weighted by atomic mass is 19.4. The largest absolute Gasteiger partial charge is 0.489 e. The number of hydrogen-bond donors (Lipinski definition) is 2. The third kappa shape index (κ3) is 5.76. The Kier molecular flexibility index (Phi) is 7.27. The highest BCUT2D eigenvalue weighted by Crippen LogP contribution is 2.36. The summed E-state index contributed by atoms with van der Waals surface area (Å²) in [6.45, 7) is 2.40. The first kappa shape index (κ1) is 26.0. The summed E-state index contributed by atoms with van der Waals surface area (Å²) in [4.78, 5) is 28.0. The van der Waals surface area contributed by atoms with Crippen LogP contribution in [0.3, 0.4) is 0 Å². The number of fused-ring (bicyclic) bond motifs is 1. The van der Waals surface area contributed by atoms with Gasteiger partial charge in [-0.25, -0.2) is 4.98 Å². The molecule has 8 nitrogen and oxygen atoms in total. The van der Waals surface area contributed by atoms with Gasteiger partial charge in [0, 0.05) is 24.1 Å². The van der Waals surface area contributed by atoms with Crippen LogP contribution < -0.4 is 15.4 Å². The normalized spacial score (nSPS) is 21.9. The second kappa shape index (κ2) is 10.6. The molecule has 202 valence electrons. The fourth-order valence-electron chi connectivity index (χ4n) is 5.19. The number of carbonyl (C=O) groups excluding carboxylic acids is 2. The van der Waals surface area contributed by atoms with Crippen LogP contribution in [-0.4, -0.2) is 39.2 Å². The van der Waals surface area contributed by atoms with Crippen molar-refractivity contribution < 1.29 is 27.5 Å². The third-order valence-electron chi connectivity index (χ3n) is 7.44. The van der Waals surface area contributed by atoms with Crippen molar-refractivity contribution in [1.82, 2.24) is 20.1 Å². The number of halogens is 3. The lowest BCUT2D eigenvalue weighted by Gasteiger charge is -2.27. The quantitative estimate of drug-likeness (QED) is 0.421. The van der Waals surface area contributed by atoms with E-state index in [0.717, 1.165) is 49.1 Å². The molecule has 2 aromatic heterocycles. The molecule has 2 N–H and O–H groups in total. The van der Waals surface area contributed by atoms with Gasteiger partial charge in [0.15, 0.2) is 0 Å². The maximum atomic E-state index is 13.1. The van der Waals surface area contributed by atoms with Crippen LogP contribution in [0.4, 0.5) is 18.9 Å². The minimum absolute atomic E-state index is 0.0465. The summed E-state index contributed by atoms with van der Waals surface area (Å²) in [5.74, 6) is 0.229. The lowest BCUT2D eigenvalue weighted by atomic mass is 9.85.